The Morgan fingerprint density at radius 1 is 1.08 bits per heavy atom. The quantitative estimate of drug-likeness (QED) is 0.463. The molecule has 11 heteroatoms. The van der Waals surface area contributed by atoms with Crippen LogP contribution in [0.2, 0.25) is 5.15 Å². The Kier molecular flexibility index (Phi) is 7.35. The zero-order valence-corrected chi connectivity index (χ0v) is 20.1. The van der Waals surface area contributed by atoms with Crippen LogP contribution >= 0.6 is 11.6 Å². The first kappa shape index (κ1) is 24.9. The maximum absolute atomic E-state index is 13.3. The molecule has 0 fully saturated rings. The summed E-state index contributed by atoms with van der Waals surface area (Å²) >= 11 is 6.41. The summed E-state index contributed by atoms with van der Waals surface area (Å²) in [5, 5.41) is 9.47. The molecule has 2 aromatic carbocycles. The Morgan fingerprint density at radius 2 is 1.78 bits per heavy atom. The van der Waals surface area contributed by atoms with Gasteiger partial charge in [-0.25, -0.2) is 23.5 Å². The normalized spacial score (nSPS) is 15.2. The molecule has 0 aliphatic carbocycles. The molecule has 0 spiro atoms. The minimum Gasteiger partial charge on any atom is -0.463 e. The Labute approximate surface area is 210 Å². The molecule has 0 bridgehead atoms. The first-order valence-electron chi connectivity index (χ1n) is 11.0. The van der Waals surface area contributed by atoms with E-state index < -0.39 is 36.4 Å². The zero-order chi connectivity index (χ0) is 25.8. The number of ether oxygens (including phenoxy) is 2. The van der Waals surface area contributed by atoms with Crippen LogP contribution in [-0.4, -0.2) is 41.0 Å². The molecule has 9 nitrogen and oxygen atoms in total. The fourth-order valence-electron chi connectivity index (χ4n) is 3.77. The van der Waals surface area contributed by atoms with E-state index in [4.69, 9.17) is 21.1 Å². The van der Waals surface area contributed by atoms with E-state index in [0.717, 1.165) is 0 Å². The molecular weight excluding hydrogens is 491 g/mol. The van der Waals surface area contributed by atoms with Crippen LogP contribution in [0.25, 0.3) is 5.69 Å². The molecule has 1 aliphatic heterocycles. The fraction of sp³-hybridized carbons (Fsp3) is 0.200. The number of urea groups is 1. The third-order valence-corrected chi connectivity index (χ3v) is 5.76. The van der Waals surface area contributed by atoms with Gasteiger partial charge >= 0.3 is 18.0 Å². The van der Waals surface area contributed by atoms with Gasteiger partial charge in [0.2, 0.25) is 0 Å². The maximum atomic E-state index is 13.3. The Morgan fingerprint density at radius 3 is 2.44 bits per heavy atom. The summed E-state index contributed by atoms with van der Waals surface area (Å²) in [6.45, 7) is 2.92. The van der Waals surface area contributed by atoms with E-state index >= 15 is 0 Å². The predicted octanol–water partition coefficient (Wildman–Crippen LogP) is 4.00. The van der Waals surface area contributed by atoms with Crippen molar-refractivity contribution in [2.45, 2.75) is 19.9 Å². The minimum atomic E-state index is -0.814. The van der Waals surface area contributed by atoms with Crippen molar-refractivity contribution < 1.29 is 28.2 Å². The predicted molar refractivity (Wildman–Crippen MR) is 128 cm³/mol. The van der Waals surface area contributed by atoms with Crippen molar-refractivity contribution in [1.29, 1.82) is 0 Å². The van der Waals surface area contributed by atoms with Crippen LogP contribution in [-0.2, 0) is 14.3 Å². The summed E-state index contributed by atoms with van der Waals surface area (Å²) in [5.74, 6) is -1.91. The summed E-state index contributed by atoms with van der Waals surface area (Å²) in [6, 6.07) is 12.9. The number of hydrogen-bond acceptors (Lipinski definition) is 6. The van der Waals surface area contributed by atoms with Crippen molar-refractivity contribution in [3.63, 3.8) is 0 Å². The molecule has 1 aromatic heterocycles. The fourth-order valence-corrected chi connectivity index (χ4v) is 4.12. The molecule has 0 radical (unpaired) electrons. The number of carbonyl (C=O) groups excluding carboxylic acids is 3. The van der Waals surface area contributed by atoms with E-state index in [9.17, 15) is 18.8 Å². The van der Waals surface area contributed by atoms with E-state index in [0.29, 0.717) is 11.3 Å². The lowest BCUT2D eigenvalue weighted by Gasteiger charge is -2.29. The van der Waals surface area contributed by atoms with Crippen LogP contribution < -0.4 is 10.6 Å². The first-order valence-corrected chi connectivity index (χ1v) is 11.4. The summed E-state index contributed by atoms with van der Waals surface area (Å²) in [7, 11) is 0. The molecule has 4 rings (SSSR count). The van der Waals surface area contributed by atoms with Gasteiger partial charge < -0.3 is 20.1 Å². The van der Waals surface area contributed by atoms with Gasteiger partial charge in [-0.1, -0.05) is 41.9 Å². The number of benzene rings is 2. The number of nitrogens with one attached hydrogen (secondary N) is 2. The Balaban J connectivity index is 1.63. The maximum Gasteiger partial charge on any atom is 0.343 e. The van der Waals surface area contributed by atoms with E-state index in [-0.39, 0.29) is 34.3 Å². The molecule has 186 valence electrons. The van der Waals surface area contributed by atoms with Gasteiger partial charge in [0.25, 0.3) is 0 Å². The molecule has 2 N–H and O–H groups in total. The SMILES string of the molecule is CCOC(=O)C1=C(COC(=O)c2c(C)nn(-c3ccc(F)cc3)c2Cl)NC(=O)N[C@H]1c1ccccc1. The van der Waals surface area contributed by atoms with Crippen LogP contribution in [0.15, 0.2) is 65.9 Å². The standard InChI is InChI=1S/C25H22ClFN4O5/c1-3-35-24(33)20-18(28-25(34)29-21(20)15-7-5-4-6-8-15)13-36-23(32)19-14(2)30-31(22(19)26)17-11-9-16(27)10-12-17/h4-12,21H,3,13H2,1-2H3,(H2,28,29,34)/t21-/m0/s1. The van der Waals surface area contributed by atoms with E-state index in [1.807, 2.05) is 0 Å². The number of aromatic nitrogens is 2. The van der Waals surface area contributed by atoms with Crippen LogP contribution in [0.3, 0.4) is 0 Å². The number of hydrogen-bond donors (Lipinski definition) is 2. The van der Waals surface area contributed by atoms with Crippen molar-refractivity contribution >= 4 is 29.6 Å². The molecule has 3 aromatic rings. The average molecular weight is 513 g/mol. The highest BCUT2D eigenvalue weighted by Crippen LogP contribution is 2.29. The van der Waals surface area contributed by atoms with E-state index in [2.05, 4.69) is 15.7 Å². The van der Waals surface area contributed by atoms with Gasteiger partial charge in [-0.15, -0.1) is 0 Å². The second-order valence-corrected chi connectivity index (χ2v) is 8.13. The summed E-state index contributed by atoms with van der Waals surface area (Å²) in [4.78, 5) is 38.2. The van der Waals surface area contributed by atoms with E-state index in [1.54, 1.807) is 44.2 Å². The van der Waals surface area contributed by atoms with Crippen molar-refractivity contribution in [2.24, 2.45) is 0 Å². The van der Waals surface area contributed by atoms with Gasteiger partial charge in [0, 0.05) is 0 Å². The average Bonchev–Trinajstić information content (AvgIpc) is 3.17. The molecule has 1 aliphatic rings. The van der Waals surface area contributed by atoms with Gasteiger partial charge in [-0.3, -0.25) is 0 Å². The molecule has 36 heavy (non-hydrogen) atoms. The zero-order valence-electron chi connectivity index (χ0n) is 19.4. The van der Waals surface area contributed by atoms with Gasteiger partial charge in [0.15, 0.2) is 0 Å². The number of esters is 2. The van der Waals surface area contributed by atoms with Crippen LogP contribution in [0.5, 0.6) is 0 Å². The third-order valence-electron chi connectivity index (χ3n) is 5.41. The number of carbonyl (C=O) groups is 3. The molecule has 1 atom stereocenters. The number of rotatable bonds is 7. The van der Waals surface area contributed by atoms with E-state index in [1.165, 1.54) is 28.9 Å². The highest BCUT2D eigenvalue weighted by atomic mass is 35.5. The van der Waals surface area contributed by atoms with Crippen molar-refractivity contribution in [2.75, 3.05) is 13.2 Å². The third kappa shape index (κ3) is 5.08. The lowest BCUT2D eigenvalue weighted by Crippen LogP contribution is -2.47. The van der Waals surface area contributed by atoms with Crippen molar-refractivity contribution in [3.8, 4) is 5.69 Å². The molecule has 0 saturated carbocycles. The monoisotopic (exact) mass is 512 g/mol. The van der Waals surface area contributed by atoms with Gasteiger partial charge in [0.05, 0.1) is 35.3 Å². The van der Waals surface area contributed by atoms with Gasteiger partial charge in [-0.05, 0) is 43.7 Å². The van der Waals surface area contributed by atoms with Crippen LogP contribution in [0, 0.1) is 12.7 Å². The second-order valence-electron chi connectivity index (χ2n) is 7.77. The molecular formula is C25H22ClFN4O5. The second kappa shape index (κ2) is 10.6. The topological polar surface area (TPSA) is 112 Å². The van der Waals surface area contributed by atoms with Crippen molar-refractivity contribution in [3.05, 3.63) is 93.7 Å². The largest absolute Gasteiger partial charge is 0.463 e. The Hall–Kier alpha value is -4.18. The van der Waals surface area contributed by atoms with Crippen molar-refractivity contribution in [1.82, 2.24) is 20.4 Å². The van der Waals surface area contributed by atoms with Crippen LogP contribution in [0.4, 0.5) is 9.18 Å². The lowest BCUT2D eigenvalue weighted by atomic mass is 9.95. The highest BCUT2D eigenvalue weighted by Gasteiger charge is 2.34. The number of aryl methyl sites for hydroxylation is 1. The smallest absolute Gasteiger partial charge is 0.343 e. The van der Waals surface area contributed by atoms with Gasteiger partial charge in [0.1, 0.15) is 23.1 Å². The number of halogens is 2. The molecule has 0 saturated heterocycles. The molecule has 2 amide bonds. The van der Waals surface area contributed by atoms with Gasteiger partial charge in [-0.2, -0.15) is 5.10 Å². The highest BCUT2D eigenvalue weighted by molar-refractivity contribution is 6.33. The lowest BCUT2D eigenvalue weighted by molar-refractivity contribution is -0.139. The minimum absolute atomic E-state index is 0.000790. The Bertz CT molecular complexity index is 1340. The van der Waals surface area contributed by atoms with Crippen LogP contribution in [0.1, 0.15) is 34.6 Å². The summed E-state index contributed by atoms with van der Waals surface area (Å²) in [6.07, 6.45) is 0. The molecule has 2 heterocycles. The number of nitrogens with zero attached hydrogens (tertiary/aromatic N) is 2. The number of amides is 2. The summed E-state index contributed by atoms with van der Waals surface area (Å²) < 4.78 is 25.2. The summed E-state index contributed by atoms with van der Waals surface area (Å²) in [5.41, 5.74) is 1.58. The first-order chi connectivity index (χ1) is 17.3. The molecule has 0 unspecified atom stereocenters.